The van der Waals surface area contributed by atoms with Gasteiger partial charge in [0, 0.05) is 25.7 Å². The Morgan fingerprint density at radius 3 is 2.56 bits per heavy atom. The second kappa shape index (κ2) is 5.15. The molecule has 0 aromatic heterocycles. The van der Waals surface area contributed by atoms with Gasteiger partial charge in [0.15, 0.2) is 0 Å². The van der Waals surface area contributed by atoms with E-state index in [-0.39, 0.29) is 5.91 Å². The average Bonchev–Trinajstić information content (AvgIpc) is 3.13. The van der Waals surface area contributed by atoms with Gasteiger partial charge in [-0.2, -0.15) is 0 Å². The lowest BCUT2D eigenvalue weighted by molar-refractivity contribution is -0.131. The molecule has 0 spiro atoms. The molecule has 1 unspecified atom stereocenters. The number of amides is 1. The summed E-state index contributed by atoms with van der Waals surface area (Å²) in [5.41, 5.74) is 0. The maximum atomic E-state index is 11.9. The smallest absolute Gasteiger partial charge is 0.236 e. The summed E-state index contributed by atoms with van der Waals surface area (Å²) in [6, 6.07) is 1.07. The highest BCUT2D eigenvalue weighted by Crippen LogP contribution is 2.25. The second-order valence-corrected chi connectivity index (χ2v) is 5.15. The zero-order valence-corrected chi connectivity index (χ0v) is 10.4. The van der Waals surface area contributed by atoms with Crippen LogP contribution < -0.4 is 5.32 Å². The molecular weight excluding hydrogens is 202 g/mol. The van der Waals surface area contributed by atoms with Crippen LogP contribution in [0.2, 0.25) is 0 Å². The van der Waals surface area contributed by atoms with Gasteiger partial charge in [0.2, 0.25) is 5.91 Å². The van der Waals surface area contributed by atoms with Crippen LogP contribution in [0, 0.1) is 0 Å². The van der Waals surface area contributed by atoms with Crippen LogP contribution in [-0.2, 0) is 4.79 Å². The second-order valence-electron chi connectivity index (χ2n) is 5.15. The Morgan fingerprint density at radius 1 is 1.25 bits per heavy atom. The predicted molar refractivity (Wildman–Crippen MR) is 64.3 cm³/mol. The maximum Gasteiger partial charge on any atom is 0.236 e. The lowest BCUT2D eigenvalue weighted by Crippen LogP contribution is -2.48. The van der Waals surface area contributed by atoms with E-state index < -0.39 is 0 Å². The van der Waals surface area contributed by atoms with Crippen LogP contribution in [-0.4, -0.2) is 61.5 Å². The molecule has 1 aliphatic heterocycles. The van der Waals surface area contributed by atoms with Gasteiger partial charge in [0.05, 0.1) is 6.54 Å². The summed E-state index contributed by atoms with van der Waals surface area (Å²) in [5.74, 6) is 0.274. The minimum absolute atomic E-state index is 0.274. The van der Waals surface area contributed by atoms with Gasteiger partial charge in [-0.3, -0.25) is 9.69 Å². The summed E-state index contributed by atoms with van der Waals surface area (Å²) < 4.78 is 0. The first-order chi connectivity index (χ1) is 7.68. The van der Waals surface area contributed by atoms with Gasteiger partial charge in [0.1, 0.15) is 0 Å². The third-order valence-electron chi connectivity index (χ3n) is 3.77. The third-order valence-corrected chi connectivity index (χ3v) is 3.77. The van der Waals surface area contributed by atoms with Crippen molar-refractivity contribution >= 4 is 5.91 Å². The number of hydrogen-bond donors (Lipinski definition) is 1. The van der Waals surface area contributed by atoms with Crippen LogP contribution in [0.1, 0.15) is 25.7 Å². The predicted octanol–water partition coefficient (Wildman–Crippen LogP) is 0.291. The topological polar surface area (TPSA) is 35.6 Å². The van der Waals surface area contributed by atoms with Crippen LogP contribution in [0.3, 0.4) is 0 Å². The SMILES string of the molecule is CN(CC(=O)N(C)C1CC1)C1CCCNC1. The Labute approximate surface area is 98.0 Å². The monoisotopic (exact) mass is 225 g/mol. The Bertz CT molecular complexity index is 247. The Kier molecular flexibility index (Phi) is 3.82. The van der Waals surface area contributed by atoms with Crippen LogP contribution >= 0.6 is 0 Å². The van der Waals surface area contributed by atoms with E-state index >= 15 is 0 Å². The minimum Gasteiger partial charge on any atom is -0.342 e. The Morgan fingerprint density at radius 2 is 2.00 bits per heavy atom. The summed E-state index contributed by atoms with van der Waals surface area (Å²) in [4.78, 5) is 16.1. The van der Waals surface area contributed by atoms with Crippen LogP contribution in [0.15, 0.2) is 0 Å². The number of nitrogens with one attached hydrogen (secondary N) is 1. The molecule has 1 aliphatic carbocycles. The standard InChI is InChI=1S/C12H23N3O/c1-14(11-4-3-7-13-8-11)9-12(16)15(2)10-5-6-10/h10-11,13H,3-9H2,1-2H3. The van der Waals surface area contributed by atoms with Crippen molar-refractivity contribution in [2.45, 2.75) is 37.8 Å². The van der Waals surface area contributed by atoms with Gasteiger partial charge < -0.3 is 10.2 Å². The zero-order chi connectivity index (χ0) is 11.5. The molecule has 0 radical (unpaired) electrons. The number of rotatable bonds is 4. The number of nitrogens with zero attached hydrogens (tertiary/aromatic N) is 2. The van der Waals surface area contributed by atoms with E-state index in [4.69, 9.17) is 0 Å². The van der Waals surface area contributed by atoms with Gasteiger partial charge in [-0.25, -0.2) is 0 Å². The van der Waals surface area contributed by atoms with E-state index in [0.29, 0.717) is 18.6 Å². The molecule has 1 amide bonds. The molecule has 0 bridgehead atoms. The zero-order valence-electron chi connectivity index (χ0n) is 10.4. The summed E-state index contributed by atoms with van der Waals surface area (Å²) in [6.45, 7) is 2.72. The molecule has 0 aromatic rings. The maximum absolute atomic E-state index is 11.9. The summed E-state index contributed by atoms with van der Waals surface area (Å²) in [6.07, 6.45) is 4.82. The first-order valence-electron chi connectivity index (χ1n) is 6.35. The van der Waals surface area contributed by atoms with Crippen molar-refractivity contribution in [1.82, 2.24) is 15.1 Å². The van der Waals surface area contributed by atoms with E-state index in [2.05, 4.69) is 17.3 Å². The molecule has 2 fully saturated rings. The lowest BCUT2D eigenvalue weighted by Gasteiger charge is -2.32. The molecule has 0 aromatic carbocycles. The van der Waals surface area contributed by atoms with Crippen molar-refractivity contribution in [1.29, 1.82) is 0 Å². The van der Waals surface area contributed by atoms with Crippen molar-refractivity contribution in [2.75, 3.05) is 33.7 Å². The van der Waals surface area contributed by atoms with Gasteiger partial charge >= 0.3 is 0 Å². The average molecular weight is 225 g/mol. The van der Waals surface area contributed by atoms with Crippen LogP contribution in [0.4, 0.5) is 0 Å². The van der Waals surface area contributed by atoms with Crippen molar-refractivity contribution in [2.24, 2.45) is 0 Å². The summed E-state index contributed by atoms with van der Waals surface area (Å²) in [7, 11) is 4.00. The van der Waals surface area contributed by atoms with Crippen molar-refractivity contribution in [3.05, 3.63) is 0 Å². The third kappa shape index (κ3) is 2.95. The molecule has 1 saturated heterocycles. The molecule has 16 heavy (non-hydrogen) atoms. The molecule has 92 valence electrons. The fourth-order valence-electron chi connectivity index (χ4n) is 2.33. The quantitative estimate of drug-likeness (QED) is 0.747. The van der Waals surface area contributed by atoms with Crippen molar-refractivity contribution < 1.29 is 4.79 Å². The fourth-order valence-corrected chi connectivity index (χ4v) is 2.33. The van der Waals surface area contributed by atoms with Gasteiger partial charge in [-0.15, -0.1) is 0 Å². The number of carbonyl (C=O) groups is 1. The molecule has 4 heteroatoms. The van der Waals surface area contributed by atoms with E-state index in [1.54, 1.807) is 0 Å². The molecule has 1 heterocycles. The van der Waals surface area contributed by atoms with Crippen LogP contribution in [0.25, 0.3) is 0 Å². The molecular formula is C12H23N3O. The molecule has 2 aliphatic rings. The lowest BCUT2D eigenvalue weighted by atomic mass is 10.1. The largest absolute Gasteiger partial charge is 0.342 e. The number of carbonyl (C=O) groups excluding carboxylic acids is 1. The summed E-state index contributed by atoms with van der Waals surface area (Å²) in [5, 5.41) is 3.39. The molecule has 2 rings (SSSR count). The number of piperidine rings is 1. The molecule has 1 atom stereocenters. The minimum atomic E-state index is 0.274. The summed E-state index contributed by atoms with van der Waals surface area (Å²) >= 11 is 0. The number of likely N-dealkylation sites (N-methyl/N-ethyl adjacent to an activating group) is 2. The van der Waals surface area contributed by atoms with Crippen LogP contribution in [0.5, 0.6) is 0 Å². The Balaban J connectivity index is 1.76. The highest BCUT2D eigenvalue weighted by Gasteiger charge is 2.30. The Hall–Kier alpha value is -0.610. The van der Waals surface area contributed by atoms with Gasteiger partial charge in [-0.05, 0) is 39.3 Å². The normalized spacial score (nSPS) is 25.8. The number of hydrogen-bond acceptors (Lipinski definition) is 3. The fraction of sp³-hybridized carbons (Fsp3) is 0.917. The molecule has 1 N–H and O–H groups in total. The van der Waals surface area contributed by atoms with E-state index in [9.17, 15) is 4.79 Å². The van der Waals surface area contributed by atoms with Gasteiger partial charge in [0.25, 0.3) is 0 Å². The van der Waals surface area contributed by atoms with E-state index in [1.807, 2.05) is 11.9 Å². The van der Waals surface area contributed by atoms with Crippen molar-refractivity contribution in [3.63, 3.8) is 0 Å². The highest BCUT2D eigenvalue weighted by atomic mass is 16.2. The first kappa shape index (κ1) is 11.9. The highest BCUT2D eigenvalue weighted by molar-refractivity contribution is 5.78. The van der Waals surface area contributed by atoms with Crippen molar-refractivity contribution in [3.8, 4) is 0 Å². The molecule has 1 saturated carbocycles. The van der Waals surface area contributed by atoms with E-state index in [0.717, 1.165) is 13.1 Å². The van der Waals surface area contributed by atoms with Gasteiger partial charge in [-0.1, -0.05) is 0 Å². The van der Waals surface area contributed by atoms with E-state index in [1.165, 1.54) is 25.7 Å². The molecule has 4 nitrogen and oxygen atoms in total. The first-order valence-corrected chi connectivity index (χ1v) is 6.35.